The Hall–Kier alpha value is -6.82. The van der Waals surface area contributed by atoms with Crippen LogP contribution in [0.25, 0.3) is 66.9 Å². The van der Waals surface area contributed by atoms with Crippen LogP contribution in [0.4, 0.5) is 0 Å². The number of nitrogens with zero attached hydrogens (tertiary/aromatic N) is 3. The normalized spacial score (nSPS) is 12.0. The molecule has 0 spiro atoms. The van der Waals surface area contributed by atoms with E-state index in [1.807, 2.05) is 30.3 Å². The van der Waals surface area contributed by atoms with E-state index in [2.05, 4.69) is 170 Å². The first-order chi connectivity index (χ1) is 26.8. The summed E-state index contributed by atoms with van der Waals surface area (Å²) >= 11 is 0. The second-order valence-electron chi connectivity index (χ2n) is 13.2. The average molecular weight is 712 g/mol. The number of benzene rings is 8. The molecule has 0 bridgehead atoms. The molecule has 0 amide bonds. The van der Waals surface area contributed by atoms with Crippen molar-refractivity contribution >= 4 is 42.7 Å². The molecule has 10 aromatic rings. The van der Waals surface area contributed by atoms with Crippen molar-refractivity contribution in [1.29, 1.82) is 0 Å². The summed E-state index contributed by atoms with van der Waals surface area (Å²) in [4.78, 5) is 20.4. The number of hydrogen-bond acceptors (Lipinski definition) is 4. The second-order valence-corrected chi connectivity index (χ2v) is 16.3. The van der Waals surface area contributed by atoms with Crippen molar-refractivity contribution < 1.29 is 4.42 Å². The van der Waals surface area contributed by atoms with Crippen LogP contribution in [0, 0.1) is 0 Å². The molecule has 0 aliphatic carbocycles. The zero-order valence-corrected chi connectivity index (χ0v) is 30.0. The van der Waals surface area contributed by atoms with Crippen LogP contribution in [0.15, 0.2) is 224 Å². The van der Waals surface area contributed by atoms with Crippen molar-refractivity contribution in [3.63, 3.8) is 0 Å². The maximum atomic E-state index is 6.19. The summed E-state index contributed by atoms with van der Waals surface area (Å²) in [6.45, 7) is 0. The second kappa shape index (κ2) is 13.3. The molecule has 0 aliphatic rings. The van der Waals surface area contributed by atoms with E-state index in [0.29, 0.717) is 17.5 Å². The van der Waals surface area contributed by atoms with Gasteiger partial charge in [0.25, 0.3) is 0 Å². The van der Waals surface area contributed by atoms with Crippen molar-refractivity contribution in [2.45, 2.75) is 19.6 Å². The van der Waals surface area contributed by atoms with Crippen molar-refractivity contribution in [3.05, 3.63) is 200 Å². The Balaban J connectivity index is 1.18. The van der Waals surface area contributed by atoms with Gasteiger partial charge in [-0.2, -0.15) is 0 Å². The molecule has 5 heteroatoms. The molecule has 0 fully saturated rings. The molecule has 8 aromatic carbocycles. The molecule has 2 aromatic heterocycles. The Labute approximate surface area is 314 Å². The summed E-state index contributed by atoms with van der Waals surface area (Å²) < 4.78 is 6.19. The van der Waals surface area contributed by atoms with Gasteiger partial charge in [-0.25, -0.2) is 15.0 Å². The van der Waals surface area contributed by atoms with Crippen LogP contribution in [0.2, 0.25) is 0 Å². The highest BCUT2D eigenvalue weighted by molar-refractivity contribution is 8.34. The molecule has 0 aliphatic heterocycles. The van der Waals surface area contributed by atoms with Crippen LogP contribution >= 0.6 is 10.0 Å². The molecule has 4 nitrogen and oxygen atoms in total. The van der Waals surface area contributed by atoms with Gasteiger partial charge in [0.05, 0.1) is 0 Å². The smallest absolute Gasteiger partial charge is 0.164 e. The fraction of sp³-hybridized carbons (Fsp3) is 0. The van der Waals surface area contributed by atoms with E-state index in [1.54, 1.807) is 0 Å². The van der Waals surface area contributed by atoms with E-state index in [-0.39, 0.29) is 0 Å². The first-order valence-electron chi connectivity index (χ1n) is 18.0. The van der Waals surface area contributed by atoms with Gasteiger partial charge in [0, 0.05) is 47.0 Å². The molecule has 0 N–H and O–H groups in total. The summed E-state index contributed by atoms with van der Waals surface area (Å²) in [5.41, 5.74) is 4.55. The van der Waals surface area contributed by atoms with Crippen LogP contribution < -0.4 is 0 Å². The highest BCUT2D eigenvalue weighted by atomic mass is 32.3. The van der Waals surface area contributed by atoms with Gasteiger partial charge >= 0.3 is 0 Å². The van der Waals surface area contributed by atoms with Crippen molar-refractivity contribution in [1.82, 2.24) is 15.0 Å². The fourth-order valence-electron chi connectivity index (χ4n) is 7.56. The molecule has 10 rings (SSSR count). The number of furan rings is 1. The van der Waals surface area contributed by atoms with E-state index in [1.165, 1.54) is 19.6 Å². The summed E-state index contributed by atoms with van der Waals surface area (Å²) in [6.07, 6.45) is 0. The molecular formula is C49H33N3OS. The Morgan fingerprint density at radius 3 is 1.46 bits per heavy atom. The lowest BCUT2D eigenvalue weighted by atomic mass is 10.0. The Morgan fingerprint density at radius 1 is 0.333 bits per heavy atom. The lowest BCUT2D eigenvalue weighted by Gasteiger charge is -2.42. The van der Waals surface area contributed by atoms with Gasteiger partial charge in [-0.15, -0.1) is 10.0 Å². The Kier molecular flexibility index (Phi) is 7.85. The number of rotatable bonds is 7. The minimum atomic E-state index is -1.90. The SMILES string of the molecule is c1ccc(-c2nc(-c3cccc(S(c4ccccc4)(c4ccccc4)c4ccccc4)c3)nc(-c3ccc4c(ccc5oc6ccccc6c54)c3)n2)cc1. The van der Waals surface area contributed by atoms with Crippen molar-refractivity contribution in [3.8, 4) is 34.2 Å². The highest BCUT2D eigenvalue weighted by Crippen LogP contribution is 2.73. The monoisotopic (exact) mass is 711 g/mol. The van der Waals surface area contributed by atoms with Crippen LogP contribution in [-0.4, -0.2) is 15.0 Å². The maximum absolute atomic E-state index is 6.19. The number of para-hydroxylation sites is 1. The minimum absolute atomic E-state index is 0.621. The topological polar surface area (TPSA) is 51.8 Å². The third kappa shape index (κ3) is 5.37. The number of fused-ring (bicyclic) bond motifs is 5. The molecule has 0 saturated heterocycles. The summed E-state index contributed by atoms with van der Waals surface area (Å²) in [5.74, 6) is 1.88. The molecule has 0 saturated carbocycles. The number of hydrogen-bond donors (Lipinski definition) is 0. The first-order valence-corrected chi connectivity index (χ1v) is 19.6. The van der Waals surface area contributed by atoms with E-state index in [9.17, 15) is 0 Å². The van der Waals surface area contributed by atoms with Gasteiger partial charge in [-0.05, 0) is 77.5 Å². The van der Waals surface area contributed by atoms with Gasteiger partial charge in [-0.3, -0.25) is 0 Å². The predicted octanol–water partition coefficient (Wildman–Crippen LogP) is 13.3. The predicted molar refractivity (Wildman–Crippen MR) is 221 cm³/mol. The summed E-state index contributed by atoms with van der Waals surface area (Å²) in [6, 6.07) is 70.5. The van der Waals surface area contributed by atoms with Gasteiger partial charge in [0.15, 0.2) is 17.5 Å². The fourth-order valence-corrected chi connectivity index (χ4v) is 11.5. The van der Waals surface area contributed by atoms with E-state index in [4.69, 9.17) is 19.4 Å². The molecule has 54 heavy (non-hydrogen) atoms. The largest absolute Gasteiger partial charge is 0.456 e. The first kappa shape index (κ1) is 31.9. The molecule has 256 valence electrons. The standard InChI is InChI=1S/C49H33N3OS/c1-5-16-34(17-6-1)47-50-48(52-49(51-47)37-28-30-42-35(32-37)29-31-45-46(42)43-26-13-14-27-44(43)53-45)36-18-15-25-41(33-36)54(38-19-7-2-8-20-38,39-21-9-3-10-22-39)40-23-11-4-12-24-40/h1-33H. The van der Waals surface area contributed by atoms with Crippen LogP contribution in [0.3, 0.4) is 0 Å². The van der Waals surface area contributed by atoms with Crippen LogP contribution in [0.1, 0.15) is 0 Å². The molecular weight excluding hydrogens is 679 g/mol. The lowest BCUT2D eigenvalue weighted by Crippen LogP contribution is -2.06. The van der Waals surface area contributed by atoms with Crippen LogP contribution in [-0.2, 0) is 0 Å². The number of aromatic nitrogens is 3. The van der Waals surface area contributed by atoms with Crippen LogP contribution in [0.5, 0.6) is 0 Å². The quantitative estimate of drug-likeness (QED) is 0.165. The van der Waals surface area contributed by atoms with Crippen molar-refractivity contribution in [2.75, 3.05) is 0 Å². The molecule has 0 unspecified atom stereocenters. The molecule has 0 atom stereocenters. The zero-order chi connectivity index (χ0) is 35.9. The molecule has 2 heterocycles. The third-order valence-corrected chi connectivity index (χ3v) is 13.9. The van der Waals surface area contributed by atoms with Gasteiger partial charge < -0.3 is 4.42 Å². The van der Waals surface area contributed by atoms with Crippen molar-refractivity contribution in [2.24, 2.45) is 0 Å². The van der Waals surface area contributed by atoms with E-state index in [0.717, 1.165) is 49.4 Å². The Morgan fingerprint density at radius 2 is 0.833 bits per heavy atom. The average Bonchev–Trinajstić information content (AvgIpc) is 3.65. The summed E-state index contributed by atoms with van der Waals surface area (Å²) in [5, 5.41) is 4.46. The zero-order valence-electron chi connectivity index (χ0n) is 29.2. The van der Waals surface area contributed by atoms with Gasteiger partial charge in [0.2, 0.25) is 0 Å². The minimum Gasteiger partial charge on any atom is -0.456 e. The highest BCUT2D eigenvalue weighted by Gasteiger charge is 2.33. The lowest BCUT2D eigenvalue weighted by molar-refractivity contribution is 0.669. The van der Waals surface area contributed by atoms with E-state index < -0.39 is 10.0 Å². The Bertz CT molecular complexity index is 2830. The van der Waals surface area contributed by atoms with Gasteiger partial charge in [0.1, 0.15) is 11.2 Å². The molecule has 0 radical (unpaired) electrons. The maximum Gasteiger partial charge on any atom is 0.164 e. The van der Waals surface area contributed by atoms with Gasteiger partial charge in [-0.1, -0.05) is 133 Å². The van der Waals surface area contributed by atoms with E-state index >= 15 is 0 Å². The summed E-state index contributed by atoms with van der Waals surface area (Å²) in [7, 11) is -1.90. The third-order valence-electron chi connectivity index (χ3n) is 10.0.